The summed E-state index contributed by atoms with van der Waals surface area (Å²) in [5, 5.41) is 3.40. The standard InChI is InChI=1S/C18H21N5O3S/c1-10-6-7-11(2)12(8-10)19-13(24)9-27-17-20-14-15(21(17)3)22(4)18(26)23(5)16(14)25/h6-8H,9H2,1-5H3,(H,19,24). The number of imidazole rings is 1. The Balaban J connectivity index is 1.84. The highest BCUT2D eigenvalue weighted by atomic mass is 32.2. The molecule has 0 fully saturated rings. The van der Waals surface area contributed by atoms with Crippen LogP contribution in [-0.4, -0.2) is 30.3 Å². The van der Waals surface area contributed by atoms with E-state index in [2.05, 4.69) is 10.3 Å². The van der Waals surface area contributed by atoms with Crippen LogP contribution in [-0.2, 0) is 25.9 Å². The van der Waals surface area contributed by atoms with E-state index in [0.717, 1.165) is 21.4 Å². The third-order valence-corrected chi connectivity index (χ3v) is 5.45. The number of nitrogens with one attached hydrogen (secondary N) is 1. The number of amides is 1. The van der Waals surface area contributed by atoms with Gasteiger partial charge in [-0.2, -0.15) is 0 Å². The first kappa shape index (κ1) is 19.0. The highest BCUT2D eigenvalue weighted by molar-refractivity contribution is 7.99. The Morgan fingerprint density at radius 1 is 1.11 bits per heavy atom. The van der Waals surface area contributed by atoms with Crippen molar-refractivity contribution in [2.75, 3.05) is 11.1 Å². The van der Waals surface area contributed by atoms with Gasteiger partial charge in [0, 0.05) is 26.8 Å². The third kappa shape index (κ3) is 3.42. The van der Waals surface area contributed by atoms with Gasteiger partial charge < -0.3 is 9.88 Å². The zero-order valence-electron chi connectivity index (χ0n) is 15.9. The molecule has 27 heavy (non-hydrogen) atoms. The first-order valence-electron chi connectivity index (χ1n) is 8.33. The Hall–Kier alpha value is -2.81. The van der Waals surface area contributed by atoms with E-state index in [4.69, 9.17) is 0 Å². The number of carbonyl (C=O) groups excluding carboxylic acids is 1. The maximum Gasteiger partial charge on any atom is 0.332 e. The fourth-order valence-electron chi connectivity index (χ4n) is 2.87. The Bertz CT molecular complexity index is 1170. The SMILES string of the molecule is Cc1ccc(C)c(NC(=O)CSc2nc3c(=O)n(C)c(=O)n(C)c3n2C)c1. The predicted octanol–water partition coefficient (Wildman–Crippen LogP) is 1.32. The minimum atomic E-state index is -0.449. The second kappa shape index (κ2) is 7.07. The second-order valence-corrected chi connectivity index (χ2v) is 7.43. The molecule has 0 aliphatic carbocycles. The molecule has 1 N–H and O–H groups in total. The summed E-state index contributed by atoms with van der Waals surface area (Å²) >= 11 is 1.22. The van der Waals surface area contributed by atoms with Gasteiger partial charge in [-0.3, -0.25) is 18.7 Å². The molecule has 3 rings (SSSR count). The molecule has 3 aromatic rings. The van der Waals surface area contributed by atoms with Crippen molar-refractivity contribution >= 4 is 34.5 Å². The van der Waals surface area contributed by atoms with Crippen LogP contribution in [0.1, 0.15) is 11.1 Å². The third-order valence-electron chi connectivity index (χ3n) is 4.42. The minimum Gasteiger partial charge on any atom is -0.325 e. The van der Waals surface area contributed by atoms with E-state index in [1.807, 2.05) is 32.0 Å². The lowest BCUT2D eigenvalue weighted by Crippen LogP contribution is -2.37. The summed E-state index contributed by atoms with van der Waals surface area (Å²) < 4.78 is 4.06. The normalized spacial score (nSPS) is 11.1. The average molecular weight is 387 g/mol. The van der Waals surface area contributed by atoms with Crippen LogP contribution >= 0.6 is 11.8 Å². The van der Waals surface area contributed by atoms with Crippen molar-refractivity contribution in [2.24, 2.45) is 21.1 Å². The van der Waals surface area contributed by atoms with E-state index in [1.165, 1.54) is 23.4 Å². The zero-order chi connectivity index (χ0) is 19.9. The van der Waals surface area contributed by atoms with Crippen LogP contribution in [0.4, 0.5) is 5.69 Å². The van der Waals surface area contributed by atoms with Crippen LogP contribution in [0.3, 0.4) is 0 Å². The largest absolute Gasteiger partial charge is 0.332 e. The lowest BCUT2D eigenvalue weighted by molar-refractivity contribution is -0.113. The van der Waals surface area contributed by atoms with Crippen LogP contribution in [0, 0.1) is 13.8 Å². The Morgan fingerprint density at radius 3 is 2.52 bits per heavy atom. The molecule has 0 saturated heterocycles. The van der Waals surface area contributed by atoms with Gasteiger partial charge in [-0.05, 0) is 31.0 Å². The smallest absolute Gasteiger partial charge is 0.325 e. The number of hydrogen-bond acceptors (Lipinski definition) is 5. The number of aromatic nitrogens is 4. The Morgan fingerprint density at radius 2 is 1.81 bits per heavy atom. The molecule has 0 bridgehead atoms. The van der Waals surface area contributed by atoms with E-state index in [0.29, 0.717) is 10.8 Å². The quantitative estimate of drug-likeness (QED) is 0.682. The number of fused-ring (bicyclic) bond motifs is 1. The molecule has 2 aromatic heterocycles. The summed E-state index contributed by atoms with van der Waals surface area (Å²) in [5.41, 5.74) is 2.60. The molecule has 1 amide bonds. The molecular formula is C18H21N5O3S. The summed E-state index contributed by atoms with van der Waals surface area (Å²) in [6.45, 7) is 3.90. The van der Waals surface area contributed by atoms with Gasteiger partial charge in [0.05, 0.1) is 5.75 Å². The number of anilines is 1. The van der Waals surface area contributed by atoms with Crippen molar-refractivity contribution in [2.45, 2.75) is 19.0 Å². The highest BCUT2D eigenvalue weighted by Crippen LogP contribution is 2.21. The fraction of sp³-hybridized carbons (Fsp3) is 0.333. The van der Waals surface area contributed by atoms with Crippen LogP contribution in [0.5, 0.6) is 0 Å². The van der Waals surface area contributed by atoms with Gasteiger partial charge in [-0.1, -0.05) is 23.9 Å². The summed E-state index contributed by atoms with van der Waals surface area (Å²) in [6, 6.07) is 5.87. The maximum atomic E-state index is 12.3. The molecule has 9 heteroatoms. The molecule has 0 spiro atoms. The van der Waals surface area contributed by atoms with Crippen LogP contribution in [0.25, 0.3) is 11.2 Å². The number of carbonyl (C=O) groups is 1. The Labute approximate surface area is 159 Å². The highest BCUT2D eigenvalue weighted by Gasteiger charge is 2.18. The predicted molar refractivity (Wildman–Crippen MR) is 106 cm³/mol. The van der Waals surface area contributed by atoms with Gasteiger partial charge in [0.2, 0.25) is 5.91 Å². The number of benzene rings is 1. The molecule has 0 atom stereocenters. The number of thioether (sulfide) groups is 1. The first-order chi connectivity index (χ1) is 12.7. The topological polar surface area (TPSA) is 90.9 Å². The Kier molecular flexibility index (Phi) is 4.97. The summed E-state index contributed by atoms with van der Waals surface area (Å²) in [4.78, 5) is 41.1. The molecule has 8 nitrogen and oxygen atoms in total. The van der Waals surface area contributed by atoms with E-state index in [1.54, 1.807) is 18.7 Å². The lowest BCUT2D eigenvalue weighted by atomic mass is 10.1. The number of aryl methyl sites for hydroxylation is 4. The molecule has 0 saturated carbocycles. The molecule has 0 radical (unpaired) electrons. The van der Waals surface area contributed by atoms with Crippen LogP contribution in [0.2, 0.25) is 0 Å². The van der Waals surface area contributed by atoms with Crippen molar-refractivity contribution in [1.82, 2.24) is 18.7 Å². The van der Waals surface area contributed by atoms with E-state index in [-0.39, 0.29) is 17.2 Å². The summed E-state index contributed by atoms with van der Waals surface area (Å²) in [7, 11) is 4.73. The van der Waals surface area contributed by atoms with E-state index >= 15 is 0 Å². The van der Waals surface area contributed by atoms with Crippen LogP contribution < -0.4 is 16.6 Å². The second-order valence-electron chi connectivity index (χ2n) is 6.49. The molecule has 0 unspecified atom stereocenters. The molecule has 0 aliphatic heterocycles. The van der Waals surface area contributed by atoms with Crippen molar-refractivity contribution in [3.05, 3.63) is 50.2 Å². The van der Waals surface area contributed by atoms with Crippen molar-refractivity contribution in [1.29, 1.82) is 0 Å². The van der Waals surface area contributed by atoms with E-state index < -0.39 is 11.2 Å². The molecule has 142 valence electrons. The number of nitrogens with zero attached hydrogens (tertiary/aromatic N) is 4. The molecule has 2 heterocycles. The van der Waals surface area contributed by atoms with Gasteiger partial charge in [-0.25, -0.2) is 9.78 Å². The van der Waals surface area contributed by atoms with Gasteiger partial charge >= 0.3 is 5.69 Å². The summed E-state index contributed by atoms with van der Waals surface area (Å²) in [5.74, 6) is -0.0266. The van der Waals surface area contributed by atoms with Crippen molar-refractivity contribution in [3.8, 4) is 0 Å². The first-order valence-corrected chi connectivity index (χ1v) is 9.31. The monoisotopic (exact) mass is 387 g/mol. The fourth-order valence-corrected chi connectivity index (χ4v) is 3.64. The molecule has 0 aliphatic rings. The van der Waals surface area contributed by atoms with Gasteiger partial charge in [0.15, 0.2) is 16.3 Å². The average Bonchev–Trinajstić information content (AvgIpc) is 2.96. The van der Waals surface area contributed by atoms with Crippen LogP contribution in [0.15, 0.2) is 32.9 Å². The minimum absolute atomic E-state index is 0.138. The van der Waals surface area contributed by atoms with Gasteiger partial charge in [-0.15, -0.1) is 0 Å². The zero-order valence-corrected chi connectivity index (χ0v) is 16.7. The van der Waals surface area contributed by atoms with Crippen molar-refractivity contribution < 1.29 is 4.79 Å². The molecule has 1 aromatic carbocycles. The number of hydrogen-bond donors (Lipinski definition) is 1. The van der Waals surface area contributed by atoms with E-state index in [9.17, 15) is 14.4 Å². The molecular weight excluding hydrogens is 366 g/mol. The lowest BCUT2D eigenvalue weighted by Gasteiger charge is -2.09. The van der Waals surface area contributed by atoms with Crippen molar-refractivity contribution in [3.63, 3.8) is 0 Å². The van der Waals surface area contributed by atoms with Gasteiger partial charge in [0.25, 0.3) is 5.56 Å². The maximum absolute atomic E-state index is 12.3. The van der Waals surface area contributed by atoms with Gasteiger partial charge in [0.1, 0.15) is 0 Å². The number of rotatable bonds is 4. The summed E-state index contributed by atoms with van der Waals surface area (Å²) in [6.07, 6.45) is 0.